The number of nitrogens with zero attached hydrogens (tertiary/aromatic N) is 2. The van der Waals surface area contributed by atoms with Gasteiger partial charge in [0.25, 0.3) is 5.91 Å². The van der Waals surface area contributed by atoms with Crippen molar-refractivity contribution < 1.29 is 22.7 Å². The normalized spacial score (nSPS) is 15.7. The number of thioether (sulfide) groups is 1. The quantitative estimate of drug-likeness (QED) is 0.458. The third-order valence-corrected chi connectivity index (χ3v) is 7.92. The number of aromatic nitrogens is 1. The Hall–Kier alpha value is -2.14. The number of pyridine rings is 1. The second-order valence-corrected chi connectivity index (χ2v) is 10.3. The average molecular weight is 498 g/mol. The van der Waals surface area contributed by atoms with Gasteiger partial charge in [0, 0.05) is 19.3 Å². The maximum absolute atomic E-state index is 12.9. The number of hydrogen-bond acceptors (Lipinski definition) is 7. The maximum atomic E-state index is 12.9. The molecule has 0 aliphatic carbocycles. The van der Waals surface area contributed by atoms with Gasteiger partial charge in [-0.25, -0.2) is 18.2 Å². The molecule has 1 aromatic heterocycles. The molecule has 0 spiro atoms. The third-order valence-electron chi connectivity index (χ3n) is 4.99. The molecule has 2 aromatic rings. The van der Waals surface area contributed by atoms with E-state index in [1.807, 2.05) is 0 Å². The van der Waals surface area contributed by atoms with Gasteiger partial charge in [0.1, 0.15) is 5.03 Å². The number of anilines is 1. The van der Waals surface area contributed by atoms with E-state index < -0.39 is 28.0 Å². The van der Waals surface area contributed by atoms with Gasteiger partial charge in [0.15, 0.2) is 6.10 Å². The zero-order valence-electron chi connectivity index (χ0n) is 17.7. The highest BCUT2D eigenvalue weighted by molar-refractivity contribution is 7.98. The number of amides is 1. The topological polar surface area (TPSA) is 106 Å². The van der Waals surface area contributed by atoms with Crippen molar-refractivity contribution >= 4 is 50.9 Å². The fourth-order valence-electron chi connectivity index (χ4n) is 3.24. The molecule has 2 heterocycles. The van der Waals surface area contributed by atoms with Crippen molar-refractivity contribution in [2.45, 2.75) is 42.2 Å². The van der Waals surface area contributed by atoms with E-state index >= 15 is 0 Å². The smallest absolute Gasteiger partial charge is 0.341 e. The number of halogens is 1. The van der Waals surface area contributed by atoms with Gasteiger partial charge in [-0.3, -0.25) is 4.79 Å². The van der Waals surface area contributed by atoms with Crippen LogP contribution in [0, 0.1) is 0 Å². The summed E-state index contributed by atoms with van der Waals surface area (Å²) in [5.74, 6) is -1.32. The highest BCUT2D eigenvalue weighted by atomic mass is 35.5. The average Bonchev–Trinajstić information content (AvgIpc) is 2.80. The lowest BCUT2D eigenvalue weighted by atomic mass is 10.2. The lowest BCUT2D eigenvalue weighted by Gasteiger charge is -2.26. The summed E-state index contributed by atoms with van der Waals surface area (Å²) in [5.41, 5.74) is 0.385. The van der Waals surface area contributed by atoms with E-state index in [4.69, 9.17) is 16.3 Å². The number of rotatable bonds is 7. The third kappa shape index (κ3) is 5.61. The molecule has 8 nitrogen and oxygen atoms in total. The monoisotopic (exact) mass is 497 g/mol. The van der Waals surface area contributed by atoms with Gasteiger partial charge in [0.05, 0.1) is 21.2 Å². The molecular formula is C21H24ClN3O5S2. The van der Waals surface area contributed by atoms with E-state index in [9.17, 15) is 18.0 Å². The highest BCUT2D eigenvalue weighted by Gasteiger charge is 2.27. The van der Waals surface area contributed by atoms with Crippen LogP contribution in [-0.4, -0.2) is 55.0 Å². The molecule has 1 amide bonds. The van der Waals surface area contributed by atoms with Crippen molar-refractivity contribution in [1.82, 2.24) is 9.29 Å². The van der Waals surface area contributed by atoms with Crippen LogP contribution in [0.4, 0.5) is 5.69 Å². The van der Waals surface area contributed by atoms with Crippen LogP contribution in [0.2, 0.25) is 5.02 Å². The molecule has 1 saturated heterocycles. The van der Waals surface area contributed by atoms with E-state index in [-0.39, 0.29) is 21.2 Å². The molecule has 11 heteroatoms. The van der Waals surface area contributed by atoms with Gasteiger partial charge in [-0.05, 0) is 56.4 Å². The summed E-state index contributed by atoms with van der Waals surface area (Å²) in [5, 5.41) is 3.22. The standard InChI is InChI=1S/C21H24ClN3O5S2/c1-14(30-21(27)16-7-6-10-23-20(16)31-2)19(26)24-18-13-15(8-9-17(18)22)32(28,29)25-11-4-3-5-12-25/h6-10,13-14H,3-5,11-12H2,1-2H3,(H,24,26)/t14-/m0/s1. The van der Waals surface area contributed by atoms with Crippen LogP contribution in [0.1, 0.15) is 36.5 Å². The Morgan fingerprint density at radius 1 is 1.22 bits per heavy atom. The first kappa shape index (κ1) is 24.5. The Bertz CT molecular complexity index is 1100. The Labute approximate surface area is 196 Å². The zero-order chi connectivity index (χ0) is 23.3. The summed E-state index contributed by atoms with van der Waals surface area (Å²) in [6.07, 6.45) is 4.83. The minimum absolute atomic E-state index is 0.0451. The van der Waals surface area contributed by atoms with Gasteiger partial charge in [-0.15, -0.1) is 11.8 Å². The Morgan fingerprint density at radius 3 is 2.62 bits per heavy atom. The Kier molecular flexibility index (Phi) is 8.16. The zero-order valence-corrected chi connectivity index (χ0v) is 20.1. The van der Waals surface area contributed by atoms with E-state index in [2.05, 4.69) is 10.3 Å². The SMILES string of the molecule is CSc1ncccc1C(=O)O[C@@H](C)C(=O)Nc1cc(S(=O)(=O)N2CCCCC2)ccc1Cl. The van der Waals surface area contributed by atoms with E-state index in [1.165, 1.54) is 41.2 Å². The van der Waals surface area contributed by atoms with Crippen LogP contribution in [0.15, 0.2) is 46.5 Å². The molecule has 32 heavy (non-hydrogen) atoms. The molecule has 172 valence electrons. The molecule has 3 rings (SSSR count). The maximum Gasteiger partial charge on any atom is 0.341 e. The molecular weight excluding hydrogens is 474 g/mol. The molecule has 1 atom stereocenters. The Balaban J connectivity index is 1.73. The number of piperidine rings is 1. The summed E-state index contributed by atoms with van der Waals surface area (Å²) >= 11 is 7.47. The predicted octanol–water partition coefficient (Wildman–Crippen LogP) is 3.82. The summed E-state index contributed by atoms with van der Waals surface area (Å²) < 4.78 is 32.6. The van der Waals surface area contributed by atoms with E-state index in [0.717, 1.165) is 19.3 Å². The largest absolute Gasteiger partial charge is 0.449 e. The molecule has 0 unspecified atom stereocenters. The Morgan fingerprint density at radius 2 is 1.94 bits per heavy atom. The van der Waals surface area contributed by atoms with E-state index in [0.29, 0.717) is 18.1 Å². The lowest BCUT2D eigenvalue weighted by molar-refractivity contribution is -0.123. The van der Waals surface area contributed by atoms with Crippen molar-refractivity contribution in [3.8, 4) is 0 Å². The number of hydrogen-bond donors (Lipinski definition) is 1. The van der Waals surface area contributed by atoms with Crippen LogP contribution in [0.5, 0.6) is 0 Å². The lowest BCUT2D eigenvalue weighted by Crippen LogP contribution is -2.35. The molecule has 0 saturated carbocycles. The summed E-state index contributed by atoms with van der Waals surface area (Å²) in [6, 6.07) is 7.33. The molecule has 1 aliphatic rings. The number of carbonyl (C=O) groups is 2. The fraction of sp³-hybridized carbons (Fsp3) is 0.381. The molecule has 0 bridgehead atoms. The van der Waals surface area contributed by atoms with Crippen LogP contribution >= 0.6 is 23.4 Å². The van der Waals surface area contributed by atoms with Gasteiger partial charge < -0.3 is 10.1 Å². The van der Waals surface area contributed by atoms with Crippen molar-refractivity contribution in [3.05, 3.63) is 47.1 Å². The summed E-state index contributed by atoms with van der Waals surface area (Å²) in [4.78, 5) is 29.2. The van der Waals surface area contributed by atoms with E-state index in [1.54, 1.807) is 24.6 Å². The number of sulfonamides is 1. The summed E-state index contributed by atoms with van der Waals surface area (Å²) in [7, 11) is -3.69. The van der Waals surface area contributed by atoms with Crippen molar-refractivity contribution in [2.75, 3.05) is 24.7 Å². The van der Waals surface area contributed by atoms with Gasteiger partial charge >= 0.3 is 5.97 Å². The molecule has 1 N–H and O–H groups in total. The van der Waals surface area contributed by atoms with Crippen molar-refractivity contribution in [3.63, 3.8) is 0 Å². The fourth-order valence-corrected chi connectivity index (χ4v) is 5.48. The van der Waals surface area contributed by atoms with Crippen LogP contribution < -0.4 is 5.32 Å². The minimum atomic E-state index is -3.69. The first-order valence-corrected chi connectivity index (χ1v) is 13.1. The number of ether oxygens (including phenoxy) is 1. The molecule has 1 aromatic carbocycles. The van der Waals surface area contributed by atoms with Gasteiger partial charge in [-0.1, -0.05) is 18.0 Å². The van der Waals surface area contributed by atoms with Gasteiger partial charge in [0.2, 0.25) is 10.0 Å². The van der Waals surface area contributed by atoms with Crippen LogP contribution in [0.25, 0.3) is 0 Å². The van der Waals surface area contributed by atoms with Crippen LogP contribution in [-0.2, 0) is 19.6 Å². The second-order valence-electron chi connectivity index (χ2n) is 7.20. The second kappa shape index (κ2) is 10.7. The molecule has 1 aliphatic heterocycles. The molecule has 1 fully saturated rings. The first-order valence-electron chi connectivity index (χ1n) is 10.0. The van der Waals surface area contributed by atoms with Crippen molar-refractivity contribution in [1.29, 1.82) is 0 Å². The minimum Gasteiger partial charge on any atom is -0.449 e. The van der Waals surface area contributed by atoms with Crippen molar-refractivity contribution in [2.24, 2.45) is 0 Å². The number of benzene rings is 1. The molecule has 0 radical (unpaired) electrons. The van der Waals surface area contributed by atoms with Gasteiger partial charge in [-0.2, -0.15) is 4.31 Å². The predicted molar refractivity (Wildman–Crippen MR) is 124 cm³/mol. The van der Waals surface area contributed by atoms with Crippen LogP contribution in [0.3, 0.4) is 0 Å². The summed E-state index contributed by atoms with van der Waals surface area (Å²) in [6.45, 7) is 2.35. The first-order chi connectivity index (χ1) is 15.2. The number of esters is 1. The number of nitrogens with one attached hydrogen (secondary N) is 1. The highest BCUT2D eigenvalue weighted by Crippen LogP contribution is 2.28. The number of carbonyl (C=O) groups excluding carboxylic acids is 2.